The van der Waals surface area contributed by atoms with Crippen LogP contribution < -0.4 is 0 Å². The van der Waals surface area contributed by atoms with Crippen molar-refractivity contribution in [2.75, 3.05) is 0 Å². The van der Waals surface area contributed by atoms with Gasteiger partial charge in [-0.3, -0.25) is 15.0 Å². The molecule has 0 spiro atoms. The zero-order valence-electron chi connectivity index (χ0n) is 71.6. The Bertz CT molecular complexity index is 4770. The van der Waals surface area contributed by atoms with E-state index in [-0.39, 0.29) is 0 Å². The summed E-state index contributed by atoms with van der Waals surface area (Å²) in [4.78, 5) is 11.7. The number of benzene rings is 14. The van der Waals surface area contributed by atoms with Crippen molar-refractivity contribution >= 4 is 108 Å². The van der Waals surface area contributed by atoms with Gasteiger partial charge in [-0.15, -0.1) is 0 Å². The maximum absolute atomic E-state index is 3.98. The van der Waals surface area contributed by atoms with E-state index in [0.29, 0.717) is 0 Å². The molecule has 3 heterocycles. The lowest BCUT2D eigenvalue weighted by Gasteiger charge is -2.11. The molecule has 17 aromatic rings. The average molecular weight is 1430 g/mol. The van der Waals surface area contributed by atoms with Crippen LogP contribution in [-0.2, 0) is 0 Å². The van der Waals surface area contributed by atoms with Gasteiger partial charge in [0.1, 0.15) is 0 Å². The molecule has 0 saturated carbocycles. The van der Waals surface area contributed by atoms with Crippen molar-refractivity contribution in [1.29, 1.82) is 0 Å². The van der Waals surface area contributed by atoms with Gasteiger partial charge in [0.05, 0.1) is 0 Å². The monoisotopic (exact) mass is 1430 g/mol. The fourth-order valence-electron chi connectivity index (χ4n) is 11.5. The maximum atomic E-state index is 3.98. The highest BCUT2D eigenvalue weighted by atomic mass is 14.6. The molecule has 3 aromatic heterocycles. The summed E-state index contributed by atoms with van der Waals surface area (Å²) in [7, 11) is 0. The van der Waals surface area contributed by atoms with Crippen molar-refractivity contribution < 1.29 is 0 Å². The number of pyridine rings is 3. The van der Waals surface area contributed by atoms with Crippen molar-refractivity contribution in [2.24, 2.45) is 0 Å². The summed E-state index contributed by atoms with van der Waals surface area (Å²) in [6.45, 7) is 58.7. The van der Waals surface area contributed by atoms with Crippen LogP contribution in [0.5, 0.6) is 0 Å². The fourth-order valence-corrected chi connectivity index (χ4v) is 11.5. The third-order valence-electron chi connectivity index (χ3n) is 15.8. The van der Waals surface area contributed by atoms with E-state index in [9.17, 15) is 0 Å². The third-order valence-corrected chi connectivity index (χ3v) is 15.8. The standard InChI is InChI=1S/2C17H12.2C15H12.3C6H7N.11C2H6/c1-11-9-14-7-5-12-3-2-4-13-6-8-15(10-11)17(14)16(12)13;1-11-5-6-14-8-7-12-3-2-4-13-9-10-15(11)17(14)16(12)13;1-11-14-8-4-2-6-12(14)10-13-7-3-5-9-15(11)13;1-11-5-4-8-14-9-12-6-2-3-7-13(12)10-15(11)14;1-6-2-4-7-5-3-6;1-6-3-2-4-7-5-6;1-6-4-2-3-5-7-6;11*1-2/h2*2-10H,1H3;2*2-10H,1H3;3*2-5H,1H3;11*1-2H3. The molecule has 0 atom stereocenters. The van der Waals surface area contributed by atoms with Gasteiger partial charge in [0.25, 0.3) is 0 Å². The summed E-state index contributed by atoms with van der Waals surface area (Å²) in [5.41, 5.74) is 8.95. The van der Waals surface area contributed by atoms with E-state index in [1.807, 2.05) is 222 Å². The number of aromatic nitrogens is 3. The summed E-state index contributed by atoms with van der Waals surface area (Å²) in [5.74, 6) is 0. The van der Waals surface area contributed by atoms with Gasteiger partial charge in [-0.05, 0) is 238 Å². The van der Waals surface area contributed by atoms with Crippen LogP contribution in [0.4, 0.5) is 0 Å². The number of fused-ring (bicyclic) bond motifs is 4. The van der Waals surface area contributed by atoms with Gasteiger partial charge in [-0.1, -0.05) is 365 Å². The molecule has 0 unspecified atom stereocenters. The van der Waals surface area contributed by atoms with Crippen LogP contribution in [0.15, 0.2) is 292 Å². The molecule has 14 aromatic carbocycles. The van der Waals surface area contributed by atoms with Crippen LogP contribution in [0, 0.1) is 48.5 Å². The second-order valence-corrected chi connectivity index (χ2v) is 22.0. The van der Waals surface area contributed by atoms with E-state index >= 15 is 0 Å². The molecule has 3 heteroatoms. The fraction of sp³-hybridized carbons (Fsp3) is 0.279. The second kappa shape index (κ2) is 57.9. The van der Waals surface area contributed by atoms with Crippen molar-refractivity contribution in [3.05, 3.63) is 331 Å². The topological polar surface area (TPSA) is 38.7 Å². The van der Waals surface area contributed by atoms with Gasteiger partial charge in [0.2, 0.25) is 0 Å². The molecule has 0 aliphatic heterocycles. The summed E-state index contributed by atoms with van der Waals surface area (Å²) in [6.07, 6.45) is 8.97. The molecule has 17 rings (SSSR count). The van der Waals surface area contributed by atoms with Crippen molar-refractivity contribution in [3.63, 3.8) is 0 Å². The van der Waals surface area contributed by atoms with E-state index in [1.54, 1.807) is 24.8 Å². The van der Waals surface area contributed by atoms with Crippen molar-refractivity contribution in [2.45, 2.75) is 201 Å². The van der Waals surface area contributed by atoms with Gasteiger partial charge in [-0.2, -0.15) is 0 Å². The first-order valence-corrected chi connectivity index (χ1v) is 40.2. The predicted molar refractivity (Wildman–Crippen MR) is 494 cm³/mol. The zero-order valence-corrected chi connectivity index (χ0v) is 71.6. The maximum Gasteiger partial charge on any atom is 0.0372 e. The van der Waals surface area contributed by atoms with Crippen LogP contribution in [0.1, 0.15) is 191 Å². The van der Waals surface area contributed by atoms with Crippen LogP contribution in [0.2, 0.25) is 0 Å². The quantitative estimate of drug-likeness (QED) is 0.112. The van der Waals surface area contributed by atoms with Crippen LogP contribution >= 0.6 is 0 Å². The molecule has 0 aliphatic rings. The molecule has 0 bridgehead atoms. The third kappa shape index (κ3) is 29.1. The van der Waals surface area contributed by atoms with Crippen molar-refractivity contribution in [3.8, 4) is 0 Å². The first-order chi connectivity index (χ1) is 52.6. The van der Waals surface area contributed by atoms with E-state index in [1.165, 1.54) is 141 Å². The summed E-state index contributed by atoms with van der Waals surface area (Å²) in [5, 5.41) is 27.1. The van der Waals surface area contributed by atoms with E-state index in [4.69, 9.17) is 0 Å². The molecule has 3 nitrogen and oxygen atoms in total. The largest absolute Gasteiger partial charge is 0.265 e. The number of aryl methyl sites for hydroxylation is 7. The first-order valence-electron chi connectivity index (χ1n) is 40.2. The molecule has 0 fully saturated rings. The van der Waals surface area contributed by atoms with Crippen LogP contribution in [0.3, 0.4) is 0 Å². The predicted octanol–water partition coefficient (Wildman–Crippen LogP) is 33.8. The highest BCUT2D eigenvalue weighted by molar-refractivity contribution is 6.24. The molecule has 566 valence electrons. The van der Waals surface area contributed by atoms with E-state index in [0.717, 1.165) is 5.69 Å². The minimum absolute atomic E-state index is 1.07. The number of rotatable bonds is 0. The van der Waals surface area contributed by atoms with Crippen LogP contribution in [-0.4, -0.2) is 15.0 Å². The lowest BCUT2D eigenvalue weighted by Crippen LogP contribution is -1.85. The van der Waals surface area contributed by atoms with Gasteiger partial charge < -0.3 is 0 Å². The van der Waals surface area contributed by atoms with Crippen LogP contribution in [0.25, 0.3) is 108 Å². The molecule has 107 heavy (non-hydrogen) atoms. The molecule has 0 N–H and O–H groups in total. The van der Waals surface area contributed by atoms with Crippen molar-refractivity contribution in [1.82, 2.24) is 15.0 Å². The molecule has 0 radical (unpaired) electrons. The van der Waals surface area contributed by atoms with Gasteiger partial charge in [-0.25, -0.2) is 0 Å². The lowest BCUT2D eigenvalue weighted by molar-refractivity contribution is 1.20. The zero-order chi connectivity index (χ0) is 80.7. The minimum atomic E-state index is 1.07. The number of hydrogen-bond donors (Lipinski definition) is 0. The molecule has 0 aliphatic carbocycles. The molecular formula is C104H135N3. The Morgan fingerprint density at radius 2 is 0.542 bits per heavy atom. The first kappa shape index (κ1) is 96.6. The Balaban J connectivity index is 0.00000120. The number of hydrogen-bond acceptors (Lipinski definition) is 3. The second-order valence-electron chi connectivity index (χ2n) is 22.0. The normalized spacial score (nSPS) is 9.17. The Morgan fingerprint density at radius 1 is 0.187 bits per heavy atom. The molecular weight excluding hydrogens is 1290 g/mol. The van der Waals surface area contributed by atoms with E-state index < -0.39 is 0 Å². The Hall–Kier alpha value is -10.4. The minimum Gasteiger partial charge on any atom is -0.265 e. The number of nitrogens with zero attached hydrogens (tertiary/aromatic N) is 3. The van der Waals surface area contributed by atoms with E-state index in [2.05, 4.69) is 261 Å². The van der Waals surface area contributed by atoms with Gasteiger partial charge in [0.15, 0.2) is 0 Å². The van der Waals surface area contributed by atoms with Gasteiger partial charge in [0, 0.05) is 36.7 Å². The molecule has 0 amide bonds. The Labute approximate surface area is 650 Å². The Morgan fingerprint density at radius 3 is 0.953 bits per heavy atom. The summed E-state index contributed by atoms with van der Waals surface area (Å²) >= 11 is 0. The highest BCUT2D eigenvalue weighted by Gasteiger charge is 2.10. The smallest absolute Gasteiger partial charge is 0.0372 e. The van der Waals surface area contributed by atoms with Gasteiger partial charge >= 0.3 is 0 Å². The highest BCUT2D eigenvalue weighted by Crippen LogP contribution is 2.37. The summed E-state index contributed by atoms with van der Waals surface area (Å²) in [6, 6.07) is 92.5. The molecule has 0 saturated heterocycles. The SMILES string of the molecule is CC.CC.CC.CC.CC.CC.CC.CC.CC.CC.CC.Cc1c2ccccc2cc2ccccc12.Cc1cc2ccc3cccc4ccc(c1)c2c34.Cc1ccc2ccc3cccc4ccc1c2c34.Cc1cccc2cc3ccccc3cc12.Cc1ccccn1.Cc1cccnc1.Cc1ccncc1. The average Bonchev–Trinajstić information content (AvgIpc) is 0.752. The summed E-state index contributed by atoms with van der Waals surface area (Å²) < 4.78 is 0. The lowest BCUT2D eigenvalue weighted by atomic mass is 9.92. The Kier molecular flexibility index (Phi) is 52.3.